The van der Waals surface area contributed by atoms with Crippen LogP contribution in [-0.4, -0.2) is 124 Å². The molecule has 8 amide bonds. The Morgan fingerprint density at radius 3 is 1.50 bits per heavy atom. The summed E-state index contributed by atoms with van der Waals surface area (Å²) in [6.45, 7) is 1.93. The molecule has 1 aromatic heterocycles. The van der Waals surface area contributed by atoms with E-state index in [9.17, 15) is 43.5 Å². The minimum Gasteiger partial charge on any atom is -0.508 e. The average Bonchev–Trinajstić information content (AvgIpc) is 4.04. The van der Waals surface area contributed by atoms with Gasteiger partial charge in [0.2, 0.25) is 47.3 Å². The second-order valence-electron chi connectivity index (χ2n) is 20.7. The van der Waals surface area contributed by atoms with Crippen LogP contribution in [0.1, 0.15) is 54.9 Å². The Bertz CT molecular complexity index is 3450. The number of primary amides is 1. The van der Waals surface area contributed by atoms with E-state index < -0.39 is 95.6 Å². The summed E-state index contributed by atoms with van der Waals surface area (Å²) in [5, 5.41) is 33.6. The van der Waals surface area contributed by atoms with Crippen LogP contribution in [0, 0.1) is 0 Å². The highest BCUT2D eigenvalue weighted by atomic mass is 32.1. The lowest BCUT2D eigenvalue weighted by molar-refractivity contribution is -0.135. The first kappa shape index (κ1) is 63.1. The van der Waals surface area contributed by atoms with E-state index in [1.54, 1.807) is 25.3 Å². The van der Waals surface area contributed by atoms with E-state index in [0.29, 0.717) is 24.0 Å². The standard InChI is InChI=1S/C62H73N11O9S2/c1-2-47(57(77)69-50(55(65)75)31-38-19-23-40-12-4-6-14-42(40)28-38)67-61(81)53(34-83)72-58(78)49(17-9-10-26-63)68-60(80)52(32-43-33-66-48-16-8-7-15-45(43)48)71-62(82)54(35-84)73-59(79)51(30-36-20-24-44(74)25-21-36)70-56(76)46(64)29-37-18-22-39-11-3-5-13-41(39)27-37/h3-8,11-16,18-25,27-28,33,46-47,49-54,66,74,83-84H,2,9-10,17,26,29-32,34-35,63-64H2,1H3,(H2,65,75)(H,67,81)(H,68,80)(H,69,77)(H,70,76)(H,71,82)(H,72,78)(H,73,79)/t46-,47-,49-,50-,51-,52+,53+,54+/m0/s1. The quantitative estimate of drug-likeness (QED) is 0.0229. The third-order valence-corrected chi connectivity index (χ3v) is 15.2. The van der Waals surface area contributed by atoms with Crippen LogP contribution in [0.15, 0.2) is 140 Å². The molecule has 0 unspecified atom stereocenters. The number of aromatic nitrogens is 1. The SMILES string of the molecule is CC[C@H](NC(=O)[C@@H](CS)NC(=O)[C@H](CCCCN)NC(=O)[C@@H](Cc1c[nH]c2ccccc12)NC(=O)[C@@H](CS)NC(=O)[C@H](Cc1ccc(O)cc1)NC(=O)[C@@H](N)Cc1ccc2ccccc2c1)C(=O)N[C@@H](Cc1ccc2ccccc2c1)C(N)=O. The van der Waals surface area contributed by atoms with Crippen LogP contribution in [0.2, 0.25) is 0 Å². The van der Waals surface area contributed by atoms with Gasteiger partial charge in [-0.05, 0) is 101 Å². The van der Waals surface area contributed by atoms with Crippen LogP contribution in [0.4, 0.5) is 0 Å². The zero-order valence-electron chi connectivity index (χ0n) is 46.5. The van der Waals surface area contributed by atoms with Gasteiger partial charge in [0.05, 0.1) is 6.04 Å². The van der Waals surface area contributed by atoms with Crippen molar-refractivity contribution in [1.29, 1.82) is 0 Å². The summed E-state index contributed by atoms with van der Waals surface area (Å²) in [4.78, 5) is 115. The molecule has 0 aliphatic rings. The molecule has 7 aromatic rings. The van der Waals surface area contributed by atoms with Gasteiger partial charge < -0.3 is 64.5 Å². The van der Waals surface area contributed by atoms with Gasteiger partial charge in [-0.25, -0.2) is 0 Å². The number of nitrogens with two attached hydrogens (primary N) is 3. The van der Waals surface area contributed by atoms with Gasteiger partial charge in [-0.2, -0.15) is 25.3 Å². The first-order valence-corrected chi connectivity index (χ1v) is 29.1. The van der Waals surface area contributed by atoms with Crippen molar-refractivity contribution in [3.8, 4) is 5.75 Å². The number of fused-ring (bicyclic) bond motifs is 3. The molecule has 22 heteroatoms. The van der Waals surface area contributed by atoms with Gasteiger partial charge in [0.15, 0.2) is 0 Å². The highest BCUT2D eigenvalue weighted by molar-refractivity contribution is 7.80. The number of hydrogen-bond donors (Lipinski definition) is 14. The van der Waals surface area contributed by atoms with Crippen molar-refractivity contribution >= 4 is 105 Å². The van der Waals surface area contributed by atoms with Crippen molar-refractivity contribution < 1.29 is 43.5 Å². The van der Waals surface area contributed by atoms with Crippen molar-refractivity contribution in [3.63, 3.8) is 0 Å². The molecular weight excluding hydrogens is 1110 g/mol. The average molecular weight is 1180 g/mol. The van der Waals surface area contributed by atoms with Crippen molar-refractivity contribution in [2.24, 2.45) is 17.2 Å². The molecule has 15 N–H and O–H groups in total. The highest BCUT2D eigenvalue weighted by Gasteiger charge is 2.34. The number of benzene rings is 6. The van der Waals surface area contributed by atoms with Crippen LogP contribution in [0.25, 0.3) is 32.4 Å². The molecule has 20 nitrogen and oxygen atoms in total. The number of aromatic hydroxyl groups is 1. The lowest BCUT2D eigenvalue weighted by atomic mass is 10.0. The fourth-order valence-corrected chi connectivity index (χ4v) is 10.3. The van der Waals surface area contributed by atoms with Gasteiger partial charge in [-0.1, -0.05) is 122 Å². The van der Waals surface area contributed by atoms with E-state index >= 15 is 0 Å². The molecule has 0 radical (unpaired) electrons. The Kier molecular flexibility index (Phi) is 23.1. The van der Waals surface area contributed by atoms with Crippen molar-refractivity contribution in [2.75, 3.05) is 18.1 Å². The second-order valence-corrected chi connectivity index (χ2v) is 21.4. The molecule has 6 aromatic carbocycles. The van der Waals surface area contributed by atoms with Crippen LogP contribution >= 0.6 is 25.3 Å². The van der Waals surface area contributed by atoms with Gasteiger partial charge in [0, 0.05) is 47.9 Å². The zero-order valence-corrected chi connectivity index (χ0v) is 48.3. The molecule has 0 aliphatic carbocycles. The van der Waals surface area contributed by atoms with E-state index in [-0.39, 0.29) is 62.3 Å². The fourth-order valence-electron chi connectivity index (χ4n) is 9.76. The predicted octanol–water partition coefficient (Wildman–Crippen LogP) is 3.06. The highest BCUT2D eigenvalue weighted by Crippen LogP contribution is 2.22. The summed E-state index contributed by atoms with van der Waals surface area (Å²) in [7, 11) is 0. The normalized spacial score (nSPS) is 14.2. The summed E-state index contributed by atoms with van der Waals surface area (Å²) >= 11 is 8.77. The Hall–Kier alpha value is -8.44. The second kappa shape index (κ2) is 30.7. The van der Waals surface area contributed by atoms with Gasteiger partial charge in [0.1, 0.15) is 48.0 Å². The van der Waals surface area contributed by atoms with Gasteiger partial charge in [-0.15, -0.1) is 0 Å². The monoisotopic (exact) mass is 1180 g/mol. The first-order valence-electron chi connectivity index (χ1n) is 27.8. The largest absolute Gasteiger partial charge is 0.508 e. The van der Waals surface area contributed by atoms with E-state index in [4.69, 9.17) is 17.2 Å². The Labute approximate surface area is 497 Å². The molecule has 1 heterocycles. The molecule has 8 atom stereocenters. The number of rotatable bonds is 30. The molecule has 7 rings (SSSR count). The maximum atomic E-state index is 14.7. The number of nitrogens with one attached hydrogen (secondary N) is 8. The molecule has 442 valence electrons. The summed E-state index contributed by atoms with van der Waals surface area (Å²) in [6.07, 6.45) is 2.79. The third-order valence-electron chi connectivity index (χ3n) is 14.5. The number of H-pyrrole nitrogens is 1. The molecule has 84 heavy (non-hydrogen) atoms. The Balaban J connectivity index is 1.04. The lowest BCUT2D eigenvalue weighted by Crippen LogP contribution is -2.61. The van der Waals surface area contributed by atoms with Crippen LogP contribution in [-0.2, 0) is 64.0 Å². The van der Waals surface area contributed by atoms with Gasteiger partial charge in [0.25, 0.3) is 0 Å². The van der Waals surface area contributed by atoms with Crippen molar-refractivity contribution in [1.82, 2.24) is 42.2 Å². The topological polar surface area (TPSA) is 335 Å². The molecule has 0 spiro atoms. The number of hydrogen-bond acceptors (Lipinski definition) is 13. The number of amides is 8. The van der Waals surface area contributed by atoms with Crippen LogP contribution < -0.4 is 54.4 Å². The summed E-state index contributed by atoms with van der Waals surface area (Å²) in [6, 6.07) is 30.3. The van der Waals surface area contributed by atoms with Crippen LogP contribution in [0.5, 0.6) is 5.75 Å². The number of unbranched alkanes of at least 4 members (excludes halogenated alkanes) is 1. The number of phenolic OH excluding ortho intramolecular Hbond substituents is 1. The van der Waals surface area contributed by atoms with Gasteiger partial charge in [-0.3, -0.25) is 38.4 Å². The zero-order chi connectivity index (χ0) is 60.3. The number of aromatic amines is 1. The predicted molar refractivity (Wildman–Crippen MR) is 331 cm³/mol. The van der Waals surface area contributed by atoms with Gasteiger partial charge >= 0.3 is 0 Å². The first-order chi connectivity index (χ1) is 40.5. The molecule has 0 fully saturated rings. The Morgan fingerprint density at radius 2 is 0.929 bits per heavy atom. The number of carbonyl (C=O) groups excluding carboxylic acids is 8. The number of carbonyl (C=O) groups is 8. The smallest absolute Gasteiger partial charge is 0.244 e. The van der Waals surface area contributed by atoms with E-state index in [2.05, 4.69) is 67.5 Å². The fraction of sp³-hybridized carbons (Fsp3) is 0.323. The summed E-state index contributed by atoms with van der Waals surface area (Å²) in [5.41, 5.74) is 21.5. The molecule has 0 bridgehead atoms. The molecule has 0 aliphatic heterocycles. The van der Waals surface area contributed by atoms with Crippen molar-refractivity contribution in [3.05, 3.63) is 162 Å². The number of thiol groups is 2. The van der Waals surface area contributed by atoms with Crippen molar-refractivity contribution in [2.45, 2.75) is 107 Å². The summed E-state index contributed by atoms with van der Waals surface area (Å²) < 4.78 is 0. The molecular formula is C62H73N11O9S2. The lowest BCUT2D eigenvalue weighted by Gasteiger charge is -2.27. The van der Waals surface area contributed by atoms with Crippen LogP contribution in [0.3, 0.4) is 0 Å². The molecule has 0 saturated carbocycles. The van der Waals surface area contributed by atoms with E-state index in [1.165, 1.54) is 12.1 Å². The number of para-hydroxylation sites is 1. The minimum absolute atomic E-state index is 0.0122. The maximum Gasteiger partial charge on any atom is 0.244 e. The molecule has 0 saturated heterocycles. The number of phenols is 1. The van der Waals surface area contributed by atoms with E-state index in [1.807, 2.05) is 109 Å². The van der Waals surface area contributed by atoms with E-state index in [0.717, 1.165) is 43.6 Å². The Morgan fingerprint density at radius 1 is 0.488 bits per heavy atom. The minimum atomic E-state index is -1.38. The third kappa shape index (κ3) is 17.5. The summed E-state index contributed by atoms with van der Waals surface area (Å²) in [5.74, 6) is -6.48. The maximum absolute atomic E-state index is 14.7.